The Morgan fingerprint density at radius 1 is 0.924 bits per heavy atom. The van der Waals surface area contributed by atoms with E-state index in [9.17, 15) is 29.4 Å². The smallest absolute Gasteiger partial charge is 0.407 e. The number of aliphatic hydroxyl groups is 1. The van der Waals surface area contributed by atoms with Crippen LogP contribution in [0.4, 0.5) is 10.5 Å². The predicted octanol–water partition coefficient (Wildman–Crippen LogP) is 6.76. The zero-order valence-corrected chi connectivity index (χ0v) is 37.9. The van der Waals surface area contributed by atoms with Crippen LogP contribution in [-0.2, 0) is 33.6 Å². The molecule has 1 aromatic heterocycles. The molecule has 6 rings (SSSR count). The van der Waals surface area contributed by atoms with E-state index in [0.29, 0.717) is 68.3 Å². The number of fused-ring (bicyclic) bond motifs is 1. The lowest BCUT2D eigenvalue weighted by Crippen LogP contribution is -2.41. The van der Waals surface area contributed by atoms with Gasteiger partial charge in [-0.2, -0.15) is 0 Å². The summed E-state index contributed by atoms with van der Waals surface area (Å²) in [4.78, 5) is 56.5. The van der Waals surface area contributed by atoms with Gasteiger partial charge in [0.05, 0.1) is 18.0 Å². The number of carbonyl (C=O) groups is 3. The van der Waals surface area contributed by atoms with Crippen LogP contribution in [0.3, 0.4) is 0 Å². The van der Waals surface area contributed by atoms with Crippen molar-refractivity contribution in [2.45, 2.75) is 63.7 Å². The fourth-order valence-electron chi connectivity index (χ4n) is 7.96. The minimum atomic E-state index is -0.844. The quantitative estimate of drug-likeness (QED) is 0.0435. The molecule has 0 saturated carbocycles. The molecule has 1 unspecified atom stereocenters. The van der Waals surface area contributed by atoms with E-state index >= 15 is 0 Å². The van der Waals surface area contributed by atoms with E-state index < -0.39 is 12.2 Å². The predicted molar refractivity (Wildman–Crippen MR) is 261 cm³/mol. The number of phenols is 1. The number of hydrogen-bond acceptors (Lipinski definition) is 9. The standard InChI is InChI=1S/C53H62N6O7/c1-37(42-14-7-4-8-15-42)11-6-5-9-28-55-53(65)66-44-25-30-59(31-26-44)32-27-51(64)58(3)43-18-16-40(17-19-43)35-50(63)54-29-24-39-12-10-13-41(34-39)33-38(2)56-36-48(61)45-20-22-47(60)52-46(45)21-23-49(62)57-52/h4-23,34,38,44,48,56,60-61H,1,24-33,35-36H2,2-3H3,(H,54,63)(H,55,65)(H,57,62)/b9-5-,11-6-/t38?,48-/m0/s1. The van der Waals surface area contributed by atoms with Crippen LogP contribution in [0.5, 0.6) is 5.75 Å². The van der Waals surface area contributed by atoms with Crippen molar-refractivity contribution in [3.05, 3.63) is 172 Å². The highest BCUT2D eigenvalue weighted by Crippen LogP contribution is 2.29. The van der Waals surface area contributed by atoms with Crippen LogP contribution in [0.15, 0.2) is 139 Å². The molecule has 5 aromatic rings. The molecule has 13 heteroatoms. The Hall–Kier alpha value is -6.80. The third-order valence-electron chi connectivity index (χ3n) is 11.8. The molecule has 4 aromatic carbocycles. The molecule has 1 aliphatic rings. The van der Waals surface area contributed by atoms with Crippen molar-refractivity contribution in [2.75, 3.05) is 51.2 Å². The zero-order valence-electron chi connectivity index (χ0n) is 37.9. The normalized spacial score (nSPS) is 14.3. The SMILES string of the molecule is C=C(/C=C\C=C/CNC(=O)OC1CCN(CCC(=O)N(C)c2ccc(CC(=O)NCCc3cccc(CC(C)NC[C@H](O)c4ccc(O)c5[nH]c(=O)ccc45)c3)cc2)CC1)c1ccccc1. The van der Waals surface area contributed by atoms with Crippen molar-refractivity contribution in [1.82, 2.24) is 25.8 Å². The average molecular weight is 895 g/mol. The van der Waals surface area contributed by atoms with Crippen LogP contribution < -0.4 is 26.4 Å². The van der Waals surface area contributed by atoms with Crippen molar-refractivity contribution in [2.24, 2.45) is 0 Å². The molecule has 2 heterocycles. The molecule has 2 atom stereocenters. The summed E-state index contributed by atoms with van der Waals surface area (Å²) >= 11 is 0. The maximum atomic E-state index is 13.1. The van der Waals surface area contributed by atoms with Gasteiger partial charge in [0.25, 0.3) is 0 Å². The second kappa shape index (κ2) is 24.5. The molecule has 1 fully saturated rings. The minimum Gasteiger partial charge on any atom is -0.506 e. The Kier molecular flexibility index (Phi) is 18.0. The number of aromatic amines is 1. The van der Waals surface area contributed by atoms with Crippen molar-refractivity contribution in [3.8, 4) is 5.75 Å². The van der Waals surface area contributed by atoms with Gasteiger partial charge in [0, 0.05) is 75.9 Å². The summed E-state index contributed by atoms with van der Waals surface area (Å²) in [5.41, 5.74) is 6.42. The second-order valence-corrected chi connectivity index (χ2v) is 16.8. The Bertz CT molecular complexity index is 2530. The number of nitrogens with one attached hydrogen (secondary N) is 4. The molecule has 0 aliphatic carbocycles. The van der Waals surface area contributed by atoms with Crippen molar-refractivity contribution >= 4 is 40.1 Å². The van der Waals surface area contributed by atoms with Crippen LogP contribution in [-0.4, -0.2) is 96.5 Å². The lowest BCUT2D eigenvalue weighted by atomic mass is 10.0. The molecule has 346 valence electrons. The maximum Gasteiger partial charge on any atom is 0.407 e. The lowest BCUT2D eigenvalue weighted by Gasteiger charge is -2.31. The van der Waals surface area contributed by atoms with Crippen molar-refractivity contribution in [3.63, 3.8) is 0 Å². The maximum absolute atomic E-state index is 13.1. The van der Waals surface area contributed by atoms with E-state index in [2.05, 4.69) is 51.5 Å². The minimum absolute atomic E-state index is 0.000977. The van der Waals surface area contributed by atoms with E-state index in [1.807, 2.05) is 91.0 Å². The molecule has 6 N–H and O–H groups in total. The monoisotopic (exact) mass is 894 g/mol. The van der Waals surface area contributed by atoms with Gasteiger partial charge < -0.3 is 45.7 Å². The van der Waals surface area contributed by atoms with Crippen molar-refractivity contribution in [1.29, 1.82) is 0 Å². The molecule has 13 nitrogen and oxygen atoms in total. The molecular weight excluding hydrogens is 833 g/mol. The van der Waals surface area contributed by atoms with Crippen LogP contribution in [0.1, 0.15) is 60.1 Å². The van der Waals surface area contributed by atoms with Crippen molar-refractivity contribution < 1.29 is 29.3 Å². The highest BCUT2D eigenvalue weighted by Gasteiger charge is 2.23. The summed E-state index contributed by atoms with van der Waals surface area (Å²) in [7, 11) is 1.76. The molecule has 1 saturated heterocycles. The number of pyridine rings is 1. The third kappa shape index (κ3) is 14.9. The first kappa shape index (κ1) is 48.7. The van der Waals surface area contributed by atoms with Crippen LogP contribution in [0.25, 0.3) is 16.5 Å². The Morgan fingerprint density at radius 3 is 2.45 bits per heavy atom. The Morgan fingerprint density at radius 2 is 1.68 bits per heavy atom. The van der Waals surface area contributed by atoms with Gasteiger partial charge in [-0.3, -0.25) is 14.4 Å². The Labute approximate surface area is 386 Å². The molecular formula is C53H62N6O7. The number of rotatable bonds is 21. The second-order valence-electron chi connectivity index (χ2n) is 16.8. The van der Waals surface area contributed by atoms with E-state index in [1.54, 1.807) is 24.1 Å². The number of hydrogen-bond donors (Lipinski definition) is 6. The number of carbonyl (C=O) groups excluding carboxylic acids is 3. The van der Waals surface area contributed by atoms with Crippen LogP contribution >= 0.6 is 0 Å². The first-order valence-corrected chi connectivity index (χ1v) is 22.6. The molecule has 0 bridgehead atoms. The van der Waals surface area contributed by atoms with E-state index in [-0.39, 0.29) is 41.7 Å². The summed E-state index contributed by atoms with van der Waals surface area (Å²) in [6.07, 6.45) is 9.51. The van der Waals surface area contributed by atoms with E-state index in [4.69, 9.17) is 4.74 Å². The number of alkyl carbamates (subject to hydrolysis) is 1. The molecule has 0 radical (unpaired) electrons. The number of allylic oxidation sites excluding steroid dienone is 4. The summed E-state index contributed by atoms with van der Waals surface area (Å²) in [6.45, 7) is 9.37. The summed E-state index contributed by atoms with van der Waals surface area (Å²) in [5, 5.41) is 30.9. The fraction of sp³-hybridized carbons (Fsp3) is 0.321. The number of aromatic nitrogens is 1. The fourth-order valence-corrected chi connectivity index (χ4v) is 7.96. The van der Waals surface area contributed by atoms with Crippen LogP contribution in [0.2, 0.25) is 0 Å². The number of piperidine rings is 1. The number of anilines is 1. The largest absolute Gasteiger partial charge is 0.506 e. The number of aliphatic hydroxyl groups excluding tert-OH is 1. The molecule has 0 spiro atoms. The van der Waals surface area contributed by atoms with Gasteiger partial charge in [-0.05, 0) is 90.3 Å². The van der Waals surface area contributed by atoms with Gasteiger partial charge in [0.1, 0.15) is 11.9 Å². The topological polar surface area (TPSA) is 176 Å². The number of aromatic hydroxyl groups is 1. The van der Waals surface area contributed by atoms with Gasteiger partial charge >= 0.3 is 6.09 Å². The number of H-pyrrole nitrogens is 1. The van der Waals surface area contributed by atoms with Gasteiger partial charge in [-0.1, -0.05) is 104 Å². The van der Waals surface area contributed by atoms with Gasteiger partial charge in [-0.15, -0.1) is 0 Å². The van der Waals surface area contributed by atoms with E-state index in [1.165, 1.54) is 12.1 Å². The number of ether oxygens (including phenoxy) is 1. The highest BCUT2D eigenvalue weighted by atomic mass is 16.6. The first-order chi connectivity index (χ1) is 31.9. The highest BCUT2D eigenvalue weighted by molar-refractivity contribution is 5.93. The average Bonchev–Trinajstić information content (AvgIpc) is 3.32. The number of benzene rings is 4. The van der Waals surface area contributed by atoms with Gasteiger partial charge in [0.15, 0.2) is 0 Å². The number of amides is 3. The van der Waals surface area contributed by atoms with Gasteiger partial charge in [0.2, 0.25) is 17.4 Å². The third-order valence-corrected chi connectivity index (χ3v) is 11.8. The number of phenolic OH excluding ortho intramolecular Hbond substituents is 1. The van der Waals surface area contributed by atoms with E-state index in [0.717, 1.165) is 53.0 Å². The summed E-state index contributed by atoms with van der Waals surface area (Å²) < 4.78 is 5.62. The zero-order chi connectivity index (χ0) is 46.8. The van der Waals surface area contributed by atoms with Crippen LogP contribution in [0, 0.1) is 0 Å². The molecule has 3 amide bonds. The first-order valence-electron chi connectivity index (χ1n) is 22.6. The summed E-state index contributed by atoms with van der Waals surface area (Å²) in [6, 6.07) is 31.8. The Balaban J connectivity index is 0.828. The lowest BCUT2D eigenvalue weighted by molar-refractivity contribution is -0.120. The summed E-state index contributed by atoms with van der Waals surface area (Å²) in [5.74, 6) is -0.126. The molecule has 1 aliphatic heterocycles. The molecule has 66 heavy (non-hydrogen) atoms. The van der Waals surface area contributed by atoms with Gasteiger partial charge in [-0.25, -0.2) is 4.79 Å². The number of likely N-dealkylation sites (tertiary alicyclic amines) is 1. The number of nitrogens with zero attached hydrogens (tertiary/aromatic N) is 2.